The van der Waals surface area contributed by atoms with Gasteiger partial charge in [0.15, 0.2) is 6.10 Å². The van der Waals surface area contributed by atoms with E-state index in [-0.39, 0.29) is 31.1 Å². The van der Waals surface area contributed by atoms with Gasteiger partial charge in [-0.25, -0.2) is 0 Å². The largest absolute Gasteiger partial charge is 0.462 e. The first kappa shape index (κ1) is 77.1. The van der Waals surface area contributed by atoms with Crippen molar-refractivity contribution >= 4 is 17.9 Å². The van der Waals surface area contributed by atoms with E-state index < -0.39 is 6.10 Å². The summed E-state index contributed by atoms with van der Waals surface area (Å²) in [5, 5.41) is 0. The number of hydrogen-bond donors (Lipinski definition) is 0. The molecule has 0 aromatic heterocycles. The van der Waals surface area contributed by atoms with Crippen molar-refractivity contribution in [2.24, 2.45) is 0 Å². The molecule has 0 saturated carbocycles. The molecule has 1 atom stereocenters. The molecule has 81 heavy (non-hydrogen) atoms. The van der Waals surface area contributed by atoms with E-state index in [0.717, 1.165) is 116 Å². The molecule has 0 rings (SSSR count). The highest BCUT2D eigenvalue weighted by atomic mass is 16.6. The zero-order chi connectivity index (χ0) is 58.5. The number of allylic oxidation sites excluding steroid dienone is 18. The van der Waals surface area contributed by atoms with Crippen molar-refractivity contribution < 1.29 is 28.6 Å². The standard InChI is InChI=1S/C75H128O6/c1-4-7-10-13-16-19-22-25-28-30-32-34-36-37-39-40-42-44-47-50-53-56-59-62-65-68-74(77)80-71-72(70-79-73(76)67-64-61-58-55-52-49-46-27-24-21-18-15-12-9-6-3)81-75(78)69-66-63-60-57-54-51-48-45-43-41-38-35-33-31-29-26-23-20-17-14-11-8-5-2/h8,11,17,20,22,25-27,29-30,32-33,35-37,41,43,46,72H,4-7,9-10,12-16,18-19,21,23-24,28,31,34,38-40,42,44-45,47-71H2,1-3H3/b11-8-,20-17-,25-22-,29-26-,32-30-,35-33-,37-36-,43-41-,46-27-. The van der Waals surface area contributed by atoms with Crippen molar-refractivity contribution in [1.29, 1.82) is 0 Å². The third kappa shape index (κ3) is 66.8. The molecule has 0 radical (unpaired) electrons. The van der Waals surface area contributed by atoms with Crippen LogP contribution in [0.25, 0.3) is 0 Å². The number of esters is 3. The third-order valence-corrected chi connectivity index (χ3v) is 14.7. The van der Waals surface area contributed by atoms with Crippen LogP contribution >= 0.6 is 0 Å². The minimum absolute atomic E-state index is 0.0873. The van der Waals surface area contributed by atoms with E-state index in [1.54, 1.807) is 0 Å². The first-order valence-electron chi connectivity index (χ1n) is 34.4. The quantitative estimate of drug-likeness (QED) is 0.0261. The fourth-order valence-corrected chi connectivity index (χ4v) is 9.59. The number of carbonyl (C=O) groups excluding carboxylic acids is 3. The average molecular weight is 1130 g/mol. The van der Waals surface area contributed by atoms with Crippen molar-refractivity contribution in [3.8, 4) is 0 Å². The number of rotatable bonds is 62. The second-order valence-corrected chi connectivity index (χ2v) is 22.7. The monoisotopic (exact) mass is 1120 g/mol. The van der Waals surface area contributed by atoms with Gasteiger partial charge < -0.3 is 14.2 Å². The summed E-state index contributed by atoms with van der Waals surface area (Å²) in [7, 11) is 0. The van der Waals surface area contributed by atoms with Gasteiger partial charge in [-0.2, -0.15) is 0 Å². The number of unbranched alkanes of at least 4 members (excludes halogenated alkanes) is 33. The Morgan fingerprint density at radius 1 is 0.259 bits per heavy atom. The molecule has 0 heterocycles. The minimum Gasteiger partial charge on any atom is -0.462 e. The fourth-order valence-electron chi connectivity index (χ4n) is 9.59. The maximum atomic E-state index is 13.0. The van der Waals surface area contributed by atoms with E-state index >= 15 is 0 Å². The molecule has 0 aliphatic heterocycles. The molecular formula is C75H128O6. The second kappa shape index (κ2) is 68.6. The SMILES string of the molecule is CC/C=C\C/C=C\C/C=C\C/C=C\C/C=C\CCCCCCCCCC(=O)OC(COC(=O)CCCCCCC/C=C\CCCCCCCC)COC(=O)CCCCCCCCCCCC/C=C\C/C=C\C/C=C\CCCCCCC. The van der Waals surface area contributed by atoms with Gasteiger partial charge in [0.2, 0.25) is 0 Å². The molecule has 0 spiro atoms. The fraction of sp³-hybridized carbons (Fsp3) is 0.720. The highest BCUT2D eigenvalue weighted by Gasteiger charge is 2.19. The Bertz CT molecular complexity index is 1620. The first-order chi connectivity index (χ1) is 40.0. The van der Waals surface area contributed by atoms with Crippen LogP contribution in [0.15, 0.2) is 109 Å². The normalized spacial score (nSPS) is 12.8. The maximum Gasteiger partial charge on any atom is 0.306 e. The summed E-state index contributed by atoms with van der Waals surface area (Å²) in [6.45, 7) is 6.52. The molecule has 1 unspecified atom stereocenters. The van der Waals surface area contributed by atoms with E-state index in [1.807, 2.05) is 0 Å². The summed E-state index contributed by atoms with van der Waals surface area (Å²) in [5.41, 5.74) is 0. The number of carbonyl (C=O) groups is 3. The molecular weight excluding hydrogens is 997 g/mol. The van der Waals surface area contributed by atoms with Crippen LogP contribution in [-0.4, -0.2) is 37.2 Å². The van der Waals surface area contributed by atoms with Gasteiger partial charge in [-0.05, 0) is 128 Å². The van der Waals surface area contributed by atoms with E-state index in [0.29, 0.717) is 19.3 Å². The van der Waals surface area contributed by atoms with Crippen LogP contribution in [-0.2, 0) is 28.6 Å². The van der Waals surface area contributed by atoms with E-state index in [4.69, 9.17) is 14.2 Å². The van der Waals surface area contributed by atoms with Crippen LogP contribution in [0.2, 0.25) is 0 Å². The summed E-state index contributed by atoms with van der Waals surface area (Å²) in [5.74, 6) is -0.900. The summed E-state index contributed by atoms with van der Waals surface area (Å²) >= 11 is 0. The molecule has 0 amide bonds. The summed E-state index contributed by atoms with van der Waals surface area (Å²) in [6.07, 6.45) is 93.8. The molecule has 0 N–H and O–H groups in total. The second-order valence-electron chi connectivity index (χ2n) is 22.7. The zero-order valence-corrected chi connectivity index (χ0v) is 53.3. The lowest BCUT2D eigenvalue weighted by molar-refractivity contribution is -0.167. The Morgan fingerprint density at radius 2 is 0.481 bits per heavy atom. The predicted octanol–water partition coefficient (Wildman–Crippen LogP) is 23.8. The maximum absolute atomic E-state index is 13.0. The minimum atomic E-state index is -0.793. The molecule has 0 aromatic rings. The lowest BCUT2D eigenvalue weighted by atomic mass is 10.1. The molecule has 6 nitrogen and oxygen atoms in total. The molecule has 0 bridgehead atoms. The Labute approximate surface area is 501 Å². The van der Waals surface area contributed by atoms with Crippen LogP contribution in [0.4, 0.5) is 0 Å². The highest BCUT2D eigenvalue weighted by Crippen LogP contribution is 2.16. The van der Waals surface area contributed by atoms with Gasteiger partial charge >= 0.3 is 17.9 Å². The van der Waals surface area contributed by atoms with E-state index in [1.165, 1.54) is 173 Å². The lowest BCUT2D eigenvalue weighted by Crippen LogP contribution is -2.30. The molecule has 0 aliphatic rings. The number of ether oxygens (including phenoxy) is 3. The van der Waals surface area contributed by atoms with Gasteiger partial charge in [-0.1, -0.05) is 291 Å². The third-order valence-electron chi connectivity index (χ3n) is 14.7. The Kier molecular flexibility index (Phi) is 65.2. The van der Waals surface area contributed by atoms with Crippen molar-refractivity contribution in [1.82, 2.24) is 0 Å². The van der Waals surface area contributed by atoms with Gasteiger partial charge in [-0.15, -0.1) is 0 Å². The topological polar surface area (TPSA) is 78.9 Å². The molecule has 464 valence electrons. The summed E-state index contributed by atoms with van der Waals surface area (Å²) in [4.78, 5) is 38.4. The Morgan fingerprint density at radius 3 is 0.765 bits per heavy atom. The van der Waals surface area contributed by atoms with Gasteiger partial charge in [-0.3, -0.25) is 14.4 Å². The van der Waals surface area contributed by atoms with Crippen LogP contribution < -0.4 is 0 Å². The van der Waals surface area contributed by atoms with Crippen molar-refractivity contribution in [2.75, 3.05) is 13.2 Å². The van der Waals surface area contributed by atoms with E-state index in [2.05, 4.69) is 130 Å². The van der Waals surface area contributed by atoms with Crippen molar-refractivity contribution in [3.63, 3.8) is 0 Å². The molecule has 6 heteroatoms. The first-order valence-corrected chi connectivity index (χ1v) is 34.4. The zero-order valence-electron chi connectivity index (χ0n) is 53.3. The van der Waals surface area contributed by atoms with Crippen molar-refractivity contribution in [3.05, 3.63) is 109 Å². The van der Waals surface area contributed by atoms with Crippen LogP contribution in [0.1, 0.15) is 329 Å². The van der Waals surface area contributed by atoms with Gasteiger partial charge in [0, 0.05) is 19.3 Å². The highest BCUT2D eigenvalue weighted by molar-refractivity contribution is 5.71. The van der Waals surface area contributed by atoms with Crippen molar-refractivity contribution in [2.45, 2.75) is 335 Å². The summed E-state index contributed by atoms with van der Waals surface area (Å²) < 4.78 is 17.0. The lowest BCUT2D eigenvalue weighted by Gasteiger charge is -2.18. The molecule has 0 saturated heterocycles. The van der Waals surface area contributed by atoms with E-state index in [9.17, 15) is 14.4 Å². The van der Waals surface area contributed by atoms with Gasteiger partial charge in [0.1, 0.15) is 13.2 Å². The smallest absolute Gasteiger partial charge is 0.306 e. The average Bonchev–Trinajstić information content (AvgIpc) is 3.47. The summed E-state index contributed by atoms with van der Waals surface area (Å²) in [6, 6.07) is 0. The molecule has 0 aliphatic carbocycles. The Hall–Kier alpha value is -3.93. The molecule has 0 aromatic carbocycles. The van der Waals surface area contributed by atoms with Gasteiger partial charge in [0.05, 0.1) is 0 Å². The molecule has 0 fully saturated rings. The Balaban J connectivity index is 4.39. The van der Waals surface area contributed by atoms with Crippen LogP contribution in [0.3, 0.4) is 0 Å². The van der Waals surface area contributed by atoms with Crippen LogP contribution in [0.5, 0.6) is 0 Å². The van der Waals surface area contributed by atoms with Crippen LogP contribution in [0, 0.1) is 0 Å². The van der Waals surface area contributed by atoms with Gasteiger partial charge in [0.25, 0.3) is 0 Å². The predicted molar refractivity (Wildman–Crippen MR) is 353 cm³/mol. The number of hydrogen-bond acceptors (Lipinski definition) is 6.